The molecule has 3 aromatic rings. The molecular formula is C15H16N6S. The third-order valence-corrected chi connectivity index (χ3v) is 4.04. The van der Waals surface area contributed by atoms with Crippen molar-refractivity contribution in [3.05, 3.63) is 60.4 Å². The van der Waals surface area contributed by atoms with Gasteiger partial charge in [-0.15, -0.1) is 11.8 Å². The lowest BCUT2D eigenvalue weighted by molar-refractivity contribution is 0.816. The summed E-state index contributed by atoms with van der Waals surface area (Å²) in [5, 5.41) is 7.60. The number of aromatic amines is 1. The van der Waals surface area contributed by atoms with E-state index in [-0.39, 0.29) is 0 Å². The smallest absolute Gasteiger partial charge is 0.148 e. The van der Waals surface area contributed by atoms with Gasteiger partial charge in [0.05, 0.1) is 18.9 Å². The Kier molecular flexibility index (Phi) is 4.65. The van der Waals surface area contributed by atoms with Gasteiger partial charge in [0.25, 0.3) is 0 Å². The Morgan fingerprint density at radius 1 is 1.18 bits per heavy atom. The third kappa shape index (κ3) is 3.82. The molecule has 0 spiro atoms. The van der Waals surface area contributed by atoms with Gasteiger partial charge in [-0.05, 0) is 5.56 Å². The number of aromatic nitrogens is 5. The van der Waals surface area contributed by atoms with E-state index in [4.69, 9.17) is 0 Å². The molecule has 0 unspecified atom stereocenters. The zero-order chi connectivity index (χ0) is 15.2. The SMILES string of the molecule is CN(Cc1ncn[nH]1)c1cncc(SCc2ccccc2)n1. The standard InChI is InChI=1S/C15H16N6S/c1-21(9-13-17-11-18-20-13)14-7-16-8-15(19-14)22-10-12-5-3-2-4-6-12/h2-8,11H,9-10H2,1H3,(H,17,18,20). The van der Waals surface area contributed by atoms with Crippen LogP contribution in [0.4, 0.5) is 5.82 Å². The molecule has 7 heteroatoms. The molecule has 0 amide bonds. The molecule has 6 nitrogen and oxygen atoms in total. The minimum atomic E-state index is 0.613. The monoisotopic (exact) mass is 312 g/mol. The highest BCUT2D eigenvalue weighted by Crippen LogP contribution is 2.22. The molecule has 1 N–H and O–H groups in total. The molecule has 0 aliphatic rings. The number of benzene rings is 1. The van der Waals surface area contributed by atoms with Gasteiger partial charge in [0.1, 0.15) is 23.0 Å². The van der Waals surface area contributed by atoms with Crippen LogP contribution in [0.5, 0.6) is 0 Å². The van der Waals surface area contributed by atoms with Crippen molar-refractivity contribution < 1.29 is 0 Å². The molecular weight excluding hydrogens is 296 g/mol. The van der Waals surface area contributed by atoms with Crippen LogP contribution in [0.3, 0.4) is 0 Å². The molecule has 0 fully saturated rings. The first-order valence-corrected chi connectivity index (χ1v) is 7.84. The molecule has 22 heavy (non-hydrogen) atoms. The summed E-state index contributed by atoms with van der Waals surface area (Å²) < 4.78 is 0. The maximum atomic E-state index is 4.63. The summed E-state index contributed by atoms with van der Waals surface area (Å²) in [6.45, 7) is 0.613. The van der Waals surface area contributed by atoms with Crippen LogP contribution in [0.15, 0.2) is 54.1 Å². The summed E-state index contributed by atoms with van der Waals surface area (Å²) in [4.78, 5) is 15.0. The Morgan fingerprint density at radius 3 is 2.82 bits per heavy atom. The second-order valence-electron chi connectivity index (χ2n) is 4.78. The van der Waals surface area contributed by atoms with Crippen molar-refractivity contribution in [3.63, 3.8) is 0 Å². The molecule has 0 saturated heterocycles. The van der Waals surface area contributed by atoms with Gasteiger partial charge in [0.15, 0.2) is 0 Å². The Bertz CT molecular complexity index is 701. The number of nitrogens with zero attached hydrogens (tertiary/aromatic N) is 5. The summed E-state index contributed by atoms with van der Waals surface area (Å²) in [5.41, 5.74) is 1.27. The minimum Gasteiger partial charge on any atom is -0.351 e. The highest BCUT2D eigenvalue weighted by Gasteiger charge is 2.07. The van der Waals surface area contributed by atoms with Gasteiger partial charge in [-0.1, -0.05) is 30.3 Å². The molecule has 3 rings (SSSR count). The first-order valence-electron chi connectivity index (χ1n) is 6.85. The van der Waals surface area contributed by atoms with Crippen molar-refractivity contribution in [2.75, 3.05) is 11.9 Å². The van der Waals surface area contributed by atoms with Crippen LogP contribution in [0.2, 0.25) is 0 Å². The lowest BCUT2D eigenvalue weighted by Crippen LogP contribution is -2.19. The Labute approximate surface area is 133 Å². The number of nitrogens with one attached hydrogen (secondary N) is 1. The van der Waals surface area contributed by atoms with E-state index in [1.165, 1.54) is 11.9 Å². The third-order valence-electron chi connectivity index (χ3n) is 3.07. The van der Waals surface area contributed by atoms with E-state index >= 15 is 0 Å². The number of H-pyrrole nitrogens is 1. The highest BCUT2D eigenvalue weighted by molar-refractivity contribution is 7.98. The van der Waals surface area contributed by atoms with Crippen LogP contribution in [-0.2, 0) is 12.3 Å². The van der Waals surface area contributed by atoms with Gasteiger partial charge in [-0.2, -0.15) is 5.10 Å². The zero-order valence-electron chi connectivity index (χ0n) is 12.2. The number of hydrogen-bond acceptors (Lipinski definition) is 6. The van der Waals surface area contributed by atoms with Crippen molar-refractivity contribution in [2.24, 2.45) is 0 Å². The van der Waals surface area contributed by atoms with Crippen LogP contribution in [-0.4, -0.2) is 32.2 Å². The molecule has 112 valence electrons. The molecule has 2 heterocycles. The van der Waals surface area contributed by atoms with E-state index in [2.05, 4.69) is 37.3 Å². The fourth-order valence-corrected chi connectivity index (χ4v) is 2.74. The molecule has 1 aromatic carbocycles. The number of rotatable bonds is 6. The maximum Gasteiger partial charge on any atom is 0.148 e. The summed E-state index contributed by atoms with van der Waals surface area (Å²) in [7, 11) is 1.96. The first kappa shape index (κ1) is 14.5. The predicted molar refractivity (Wildman–Crippen MR) is 86.5 cm³/mol. The normalized spacial score (nSPS) is 10.6. The molecule has 0 aliphatic carbocycles. The highest BCUT2D eigenvalue weighted by atomic mass is 32.2. The van der Waals surface area contributed by atoms with Crippen molar-refractivity contribution in [1.29, 1.82) is 0 Å². The first-order chi connectivity index (χ1) is 10.8. The predicted octanol–water partition coefficient (Wildman–Crippen LogP) is 2.52. The van der Waals surface area contributed by atoms with Gasteiger partial charge in [0, 0.05) is 12.8 Å². The van der Waals surface area contributed by atoms with E-state index in [9.17, 15) is 0 Å². The van der Waals surface area contributed by atoms with Crippen LogP contribution in [0, 0.1) is 0 Å². The molecule has 0 radical (unpaired) electrons. The zero-order valence-corrected chi connectivity index (χ0v) is 13.0. The minimum absolute atomic E-state index is 0.613. The van der Waals surface area contributed by atoms with E-state index < -0.39 is 0 Å². The molecule has 0 atom stereocenters. The number of thioether (sulfide) groups is 1. The van der Waals surface area contributed by atoms with E-state index in [0.717, 1.165) is 22.4 Å². The van der Waals surface area contributed by atoms with Gasteiger partial charge >= 0.3 is 0 Å². The Morgan fingerprint density at radius 2 is 2.05 bits per heavy atom. The van der Waals surface area contributed by atoms with Crippen LogP contribution >= 0.6 is 11.8 Å². The summed E-state index contributed by atoms with van der Waals surface area (Å²) >= 11 is 1.68. The van der Waals surface area contributed by atoms with Crippen LogP contribution in [0.25, 0.3) is 0 Å². The average Bonchev–Trinajstić information content (AvgIpc) is 3.07. The fraction of sp³-hybridized carbons (Fsp3) is 0.200. The Balaban J connectivity index is 1.64. The van der Waals surface area contributed by atoms with Gasteiger partial charge in [0.2, 0.25) is 0 Å². The van der Waals surface area contributed by atoms with E-state index in [1.54, 1.807) is 24.2 Å². The lowest BCUT2D eigenvalue weighted by atomic mass is 10.2. The second kappa shape index (κ2) is 7.04. The van der Waals surface area contributed by atoms with Gasteiger partial charge in [-0.3, -0.25) is 10.1 Å². The largest absolute Gasteiger partial charge is 0.351 e. The summed E-state index contributed by atoms with van der Waals surface area (Å²) in [6, 6.07) is 10.3. The van der Waals surface area contributed by atoms with Crippen molar-refractivity contribution in [2.45, 2.75) is 17.3 Å². The molecule has 2 aromatic heterocycles. The summed E-state index contributed by atoms with van der Waals surface area (Å²) in [6.07, 6.45) is 5.04. The average molecular weight is 312 g/mol. The molecule has 0 saturated carbocycles. The summed E-state index contributed by atoms with van der Waals surface area (Å²) in [5.74, 6) is 2.49. The van der Waals surface area contributed by atoms with E-state index in [0.29, 0.717) is 6.54 Å². The van der Waals surface area contributed by atoms with Crippen molar-refractivity contribution in [1.82, 2.24) is 25.1 Å². The van der Waals surface area contributed by atoms with Crippen molar-refractivity contribution >= 4 is 17.6 Å². The van der Waals surface area contributed by atoms with Crippen LogP contribution < -0.4 is 4.90 Å². The quantitative estimate of drug-likeness (QED) is 0.705. The van der Waals surface area contributed by atoms with Gasteiger partial charge in [-0.25, -0.2) is 9.97 Å². The number of hydrogen-bond donors (Lipinski definition) is 1. The lowest BCUT2D eigenvalue weighted by Gasteiger charge is -2.16. The van der Waals surface area contributed by atoms with Crippen LogP contribution in [0.1, 0.15) is 11.4 Å². The van der Waals surface area contributed by atoms with E-state index in [1.807, 2.05) is 30.1 Å². The fourth-order valence-electron chi connectivity index (χ4n) is 1.94. The Hall–Kier alpha value is -2.41. The molecule has 0 bridgehead atoms. The molecule has 0 aliphatic heterocycles. The van der Waals surface area contributed by atoms with Gasteiger partial charge < -0.3 is 4.90 Å². The van der Waals surface area contributed by atoms with Crippen molar-refractivity contribution in [3.8, 4) is 0 Å². The number of anilines is 1. The second-order valence-corrected chi connectivity index (χ2v) is 5.77. The maximum absolute atomic E-state index is 4.63. The topological polar surface area (TPSA) is 70.6 Å².